The van der Waals surface area contributed by atoms with E-state index in [-0.39, 0.29) is 32.7 Å². The third kappa shape index (κ3) is 6.48. The summed E-state index contributed by atoms with van der Waals surface area (Å²) in [5.41, 5.74) is 13.5. The molecule has 0 aliphatic heterocycles. The largest absolute Gasteiger partial charge is 0.502 e. The van der Waals surface area contributed by atoms with Crippen molar-refractivity contribution in [3.05, 3.63) is 192 Å². The zero-order valence-corrected chi connectivity index (χ0v) is 25.4. The molecule has 0 bridgehead atoms. The van der Waals surface area contributed by atoms with E-state index in [0.717, 1.165) is 23.1 Å². The van der Waals surface area contributed by atoms with Crippen LogP contribution in [0.25, 0.3) is 34.4 Å². The molecule has 0 atom stereocenters. The first kappa shape index (κ1) is 29.2. The molecule has 40 heavy (non-hydrogen) atoms. The van der Waals surface area contributed by atoms with Gasteiger partial charge in [-0.15, -0.1) is 0 Å². The SMILES string of the molecule is C=C1c2ccccc2-c2ccccc21.C=C1c2ccccc2C=Cc2ccccc21.C=[C-]Cc1[c-]cccc1.[Y]. The molecule has 0 spiro atoms. The van der Waals surface area contributed by atoms with Gasteiger partial charge < -0.3 is 6.08 Å². The van der Waals surface area contributed by atoms with Gasteiger partial charge in [0.2, 0.25) is 0 Å². The van der Waals surface area contributed by atoms with Crippen molar-refractivity contribution >= 4 is 23.3 Å². The average molecular weight is 588 g/mol. The first-order chi connectivity index (χ1) is 19.2. The van der Waals surface area contributed by atoms with E-state index < -0.39 is 0 Å². The predicted octanol–water partition coefficient (Wildman–Crippen LogP) is 9.98. The van der Waals surface area contributed by atoms with Crippen molar-refractivity contribution in [2.24, 2.45) is 0 Å². The second-order valence-corrected chi connectivity index (χ2v) is 9.37. The molecular weight excluding hydrogens is 557 g/mol. The van der Waals surface area contributed by atoms with Crippen LogP contribution in [0.2, 0.25) is 0 Å². The average Bonchev–Trinajstić information content (AvgIpc) is 3.20. The number of benzene rings is 5. The molecule has 7 rings (SSSR count). The molecule has 0 nitrogen and oxygen atoms in total. The summed E-state index contributed by atoms with van der Waals surface area (Å²) < 4.78 is 0. The van der Waals surface area contributed by atoms with Gasteiger partial charge in [-0.05, 0) is 55.7 Å². The normalized spacial score (nSPS) is 11.5. The van der Waals surface area contributed by atoms with Crippen LogP contribution in [0, 0.1) is 12.1 Å². The zero-order chi connectivity index (χ0) is 27.0. The first-order valence-electron chi connectivity index (χ1n) is 13.1. The summed E-state index contributed by atoms with van der Waals surface area (Å²) in [5, 5.41) is 0. The predicted molar refractivity (Wildman–Crippen MR) is 168 cm³/mol. The van der Waals surface area contributed by atoms with E-state index in [0.29, 0.717) is 0 Å². The summed E-state index contributed by atoms with van der Waals surface area (Å²) in [6.45, 7) is 11.9. The number of hydrogen-bond donors (Lipinski definition) is 0. The summed E-state index contributed by atoms with van der Waals surface area (Å²) in [6.07, 6.45) is 7.91. The van der Waals surface area contributed by atoms with Crippen molar-refractivity contribution in [2.75, 3.05) is 0 Å². The first-order valence-corrected chi connectivity index (χ1v) is 13.1. The minimum atomic E-state index is 0. The van der Waals surface area contributed by atoms with E-state index in [4.69, 9.17) is 0 Å². The van der Waals surface area contributed by atoms with Crippen molar-refractivity contribution in [1.29, 1.82) is 0 Å². The minimum absolute atomic E-state index is 0. The van der Waals surface area contributed by atoms with Crippen LogP contribution in [0.1, 0.15) is 38.9 Å². The van der Waals surface area contributed by atoms with Crippen LogP contribution in [0.15, 0.2) is 141 Å². The molecule has 191 valence electrons. The fraction of sp³-hybridized carbons (Fsp3) is 0.0256. The third-order valence-corrected chi connectivity index (χ3v) is 6.90. The standard InChI is InChI=1S/C16H12.C14H10.C9H8.Y/c1-12-15-8-4-2-6-13(15)10-11-14-7-3-5-9-16(12)14;1-10-11-6-2-4-8-13(11)14-9-5-3-7-12(10)14;1-2-6-9-7-4-3-5-8-9;/h2-11H,1H2;2-9H,1H2;3-5,7H,1,6H2;/q;;-2;. The molecule has 5 aromatic carbocycles. The van der Waals surface area contributed by atoms with Gasteiger partial charge in [0.15, 0.2) is 0 Å². The Kier molecular flexibility index (Phi) is 10.2. The van der Waals surface area contributed by atoms with E-state index in [1.807, 2.05) is 24.3 Å². The number of rotatable bonds is 2. The van der Waals surface area contributed by atoms with Gasteiger partial charge in [0, 0.05) is 32.7 Å². The molecule has 1 heteroatoms. The second kappa shape index (κ2) is 14.0. The Labute approximate surface area is 264 Å². The monoisotopic (exact) mass is 587 g/mol. The Hall–Kier alpha value is -3.84. The maximum absolute atomic E-state index is 4.22. The van der Waals surface area contributed by atoms with E-state index in [1.54, 1.807) is 0 Å². The smallest absolute Gasteiger partial charge is 0 e. The fourth-order valence-electron chi connectivity index (χ4n) is 4.94. The topological polar surface area (TPSA) is 0 Å². The van der Waals surface area contributed by atoms with Crippen LogP contribution in [0.3, 0.4) is 0 Å². The van der Waals surface area contributed by atoms with E-state index in [2.05, 4.69) is 141 Å². The Morgan fingerprint density at radius 1 is 0.500 bits per heavy atom. The molecular formula is C39H30Y-2. The van der Waals surface area contributed by atoms with E-state index >= 15 is 0 Å². The minimum Gasteiger partial charge on any atom is -0.502 e. The van der Waals surface area contributed by atoms with Gasteiger partial charge in [0.25, 0.3) is 0 Å². The molecule has 2 aliphatic carbocycles. The molecule has 5 aromatic rings. The molecule has 0 unspecified atom stereocenters. The van der Waals surface area contributed by atoms with Gasteiger partial charge in [-0.1, -0.05) is 122 Å². The Morgan fingerprint density at radius 2 is 0.900 bits per heavy atom. The Balaban J connectivity index is 0.000000142. The maximum Gasteiger partial charge on any atom is 0 e. The number of hydrogen-bond acceptors (Lipinski definition) is 0. The summed E-state index contributed by atoms with van der Waals surface area (Å²) in [4.78, 5) is 0. The molecule has 0 saturated carbocycles. The van der Waals surface area contributed by atoms with Crippen molar-refractivity contribution in [1.82, 2.24) is 0 Å². The van der Waals surface area contributed by atoms with Crippen molar-refractivity contribution in [3.8, 4) is 11.1 Å². The molecule has 2 aliphatic rings. The molecule has 0 saturated heterocycles. The van der Waals surface area contributed by atoms with Crippen molar-refractivity contribution in [3.63, 3.8) is 0 Å². The van der Waals surface area contributed by atoms with Crippen LogP contribution < -0.4 is 0 Å². The van der Waals surface area contributed by atoms with Crippen LogP contribution >= 0.6 is 0 Å². The van der Waals surface area contributed by atoms with Crippen molar-refractivity contribution < 1.29 is 32.7 Å². The number of fused-ring (bicyclic) bond motifs is 5. The van der Waals surface area contributed by atoms with Crippen LogP contribution in [-0.4, -0.2) is 0 Å². The Bertz CT molecular complexity index is 1570. The van der Waals surface area contributed by atoms with E-state index in [9.17, 15) is 0 Å². The van der Waals surface area contributed by atoms with Crippen LogP contribution in [-0.2, 0) is 39.1 Å². The van der Waals surface area contributed by atoms with E-state index in [1.165, 1.54) is 44.5 Å². The quantitative estimate of drug-likeness (QED) is 0.177. The molecule has 0 amide bonds. The fourth-order valence-corrected chi connectivity index (χ4v) is 4.94. The summed E-state index contributed by atoms with van der Waals surface area (Å²) >= 11 is 0. The van der Waals surface area contributed by atoms with Crippen LogP contribution in [0.5, 0.6) is 0 Å². The zero-order valence-electron chi connectivity index (χ0n) is 22.6. The number of allylic oxidation sites excluding steroid dienone is 1. The summed E-state index contributed by atoms with van der Waals surface area (Å²) in [7, 11) is 0. The summed E-state index contributed by atoms with van der Waals surface area (Å²) in [6, 6.07) is 44.6. The summed E-state index contributed by atoms with van der Waals surface area (Å²) in [5.74, 6) is 0. The van der Waals surface area contributed by atoms with Gasteiger partial charge in [-0.3, -0.25) is 6.58 Å². The molecule has 0 N–H and O–H groups in total. The van der Waals surface area contributed by atoms with Gasteiger partial charge in [0.05, 0.1) is 0 Å². The molecule has 0 heterocycles. The third-order valence-electron chi connectivity index (χ3n) is 6.90. The van der Waals surface area contributed by atoms with Gasteiger partial charge in [-0.25, -0.2) is 0 Å². The maximum atomic E-state index is 4.22. The second-order valence-electron chi connectivity index (χ2n) is 9.37. The van der Waals surface area contributed by atoms with Gasteiger partial charge >= 0.3 is 0 Å². The van der Waals surface area contributed by atoms with Crippen LogP contribution in [0.4, 0.5) is 0 Å². The van der Waals surface area contributed by atoms with Gasteiger partial charge in [-0.2, -0.15) is 42.3 Å². The van der Waals surface area contributed by atoms with Crippen molar-refractivity contribution in [2.45, 2.75) is 6.42 Å². The molecule has 1 radical (unpaired) electrons. The molecule has 0 fully saturated rings. The Morgan fingerprint density at radius 3 is 1.35 bits per heavy atom. The molecule has 0 aromatic heterocycles. The van der Waals surface area contributed by atoms with Gasteiger partial charge in [0.1, 0.15) is 0 Å².